The highest BCUT2D eigenvalue weighted by Crippen LogP contribution is 2.06. The van der Waals surface area contributed by atoms with Gasteiger partial charge in [0.1, 0.15) is 0 Å². The first kappa shape index (κ1) is 14.3. The van der Waals surface area contributed by atoms with Crippen LogP contribution in [0.15, 0.2) is 0 Å². The molecule has 4 nitrogen and oxygen atoms in total. The van der Waals surface area contributed by atoms with E-state index in [4.69, 9.17) is 4.55 Å². The first-order valence-corrected chi connectivity index (χ1v) is 5.09. The maximum Gasteiger partial charge on any atom is 0.297 e. The lowest BCUT2D eigenvalue weighted by atomic mass is 10.4. The van der Waals surface area contributed by atoms with Gasteiger partial charge in [0, 0.05) is 0 Å². The fourth-order valence-corrected chi connectivity index (χ4v) is 0.909. The molecule has 2 N–H and O–H groups in total. The molecule has 1 unspecified atom stereocenters. The second kappa shape index (κ2) is 7.45. The minimum atomic E-state index is -4.43. The van der Waals surface area contributed by atoms with Gasteiger partial charge in [-0.05, 0) is 20.5 Å². The number of nitrogens with one attached hydrogen (secondary N) is 1. The topological polar surface area (TPSA) is 66.4 Å². The van der Waals surface area contributed by atoms with Crippen molar-refractivity contribution in [2.24, 2.45) is 0 Å². The van der Waals surface area contributed by atoms with E-state index in [1.807, 2.05) is 14.1 Å². The van der Waals surface area contributed by atoms with Gasteiger partial charge in [-0.3, -0.25) is 4.55 Å². The lowest BCUT2D eigenvalue weighted by Gasteiger charge is -1.99. The molecule has 0 aliphatic carbocycles. The molecule has 0 saturated heterocycles. The second-order valence-electron chi connectivity index (χ2n) is 2.21. The van der Waals surface area contributed by atoms with Crippen molar-refractivity contribution in [1.82, 2.24) is 5.32 Å². The van der Waals surface area contributed by atoms with E-state index >= 15 is 0 Å². The van der Waals surface area contributed by atoms with Crippen LogP contribution in [0, 0.1) is 0 Å². The maximum atomic E-state index is 12.1. The normalized spacial score (nSPS) is 13.1. The number of rotatable bonds is 3. The van der Waals surface area contributed by atoms with Crippen molar-refractivity contribution in [3.05, 3.63) is 0 Å². The molecule has 0 rings (SSSR count). The zero-order valence-corrected chi connectivity index (χ0v) is 8.36. The summed E-state index contributed by atoms with van der Waals surface area (Å²) in [6.07, 6.45) is 0.264. The van der Waals surface area contributed by atoms with E-state index in [0.717, 1.165) is 0 Å². The number of alkyl halides is 1. The molecule has 76 valence electrons. The molecule has 0 aliphatic rings. The third kappa shape index (κ3) is 9.80. The van der Waals surface area contributed by atoms with Gasteiger partial charge in [0.2, 0.25) is 5.50 Å². The average Bonchev–Trinajstić information content (AvgIpc) is 1.88. The van der Waals surface area contributed by atoms with Crippen LogP contribution in [0.4, 0.5) is 4.39 Å². The van der Waals surface area contributed by atoms with Gasteiger partial charge in [0.15, 0.2) is 0 Å². The Hall–Kier alpha value is -0.200. The van der Waals surface area contributed by atoms with Gasteiger partial charge in [-0.15, -0.1) is 0 Å². The molecule has 0 aliphatic heterocycles. The van der Waals surface area contributed by atoms with Crippen LogP contribution in [0.3, 0.4) is 0 Å². The Bertz CT molecular complexity index is 181. The fraction of sp³-hybridized carbons (Fsp3) is 1.00. The lowest BCUT2D eigenvalue weighted by Crippen LogP contribution is -2.13. The van der Waals surface area contributed by atoms with E-state index in [1.54, 1.807) is 6.92 Å². The summed E-state index contributed by atoms with van der Waals surface area (Å²) in [7, 11) is -0.682. The van der Waals surface area contributed by atoms with Gasteiger partial charge in [0.25, 0.3) is 10.1 Å². The standard InChI is InChI=1S/C4H9FO3S.C2H7N/c1-2-3-4(5)9(6,7)8;1-3-2/h4H,2-3H2,1H3,(H,6,7,8);3H,1-2H3. The van der Waals surface area contributed by atoms with E-state index in [9.17, 15) is 12.8 Å². The van der Waals surface area contributed by atoms with Gasteiger partial charge < -0.3 is 5.32 Å². The number of hydrogen-bond donors (Lipinski definition) is 2. The molecular weight excluding hydrogens is 185 g/mol. The summed E-state index contributed by atoms with van der Waals surface area (Å²) < 4.78 is 39.9. The SMILES string of the molecule is CCCC(F)S(=O)(=O)O.CNC. The van der Waals surface area contributed by atoms with Crippen LogP contribution in [0.5, 0.6) is 0 Å². The molecule has 0 amide bonds. The Kier molecular flexibility index (Phi) is 8.90. The predicted octanol–water partition coefficient (Wildman–Crippen LogP) is 0.805. The molecule has 0 aromatic rings. The Morgan fingerprint density at radius 2 is 1.83 bits per heavy atom. The monoisotopic (exact) mass is 201 g/mol. The van der Waals surface area contributed by atoms with Gasteiger partial charge in [-0.25, -0.2) is 4.39 Å². The first-order valence-electron chi connectivity index (χ1n) is 3.59. The van der Waals surface area contributed by atoms with Crippen LogP contribution in [0.25, 0.3) is 0 Å². The molecule has 0 spiro atoms. The molecular formula is C6H16FNO3S. The molecule has 0 radical (unpaired) electrons. The van der Waals surface area contributed by atoms with Crippen LogP contribution in [-0.4, -0.2) is 32.6 Å². The summed E-state index contributed by atoms with van der Waals surface area (Å²) >= 11 is 0. The largest absolute Gasteiger partial charge is 0.323 e. The summed E-state index contributed by atoms with van der Waals surface area (Å²) in [4.78, 5) is 0. The van der Waals surface area contributed by atoms with E-state index in [-0.39, 0.29) is 6.42 Å². The van der Waals surface area contributed by atoms with E-state index in [2.05, 4.69) is 5.32 Å². The molecule has 0 heterocycles. The number of halogens is 1. The molecule has 0 bridgehead atoms. The van der Waals surface area contributed by atoms with E-state index in [0.29, 0.717) is 6.42 Å². The smallest absolute Gasteiger partial charge is 0.297 e. The van der Waals surface area contributed by atoms with Crippen LogP contribution < -0.4 is 5.32 Å². The zero-order valence-electron chi connectivity index (χ0n) is 7.54. The minimum Gasteiger partial charge on any atom is -0.323 e. The van der Waals surface area contributed by atoms with Gasteiger partial charge in [-0.1, -0.05) is 13.3 Å². The summed E-state index contributed by atoms with van der Waals surface area (Å²) in [5.74, 6) is 0. The quantitative estimate of drug-likeness (QED) is 0.663. The highest BCUT2D eigenvalue weighted by atomic mass is 32.2. The Balaban J connectivity index is 0. The minimum absolute atomic E-state index is 0.140. The molecule has 0 aromatic heterocycles. The molecule has 0 aromatic carbocycles. The number of hydrogen-bond acceptors (Lipinski definition) is 3. The third-order valence-corrected chi connectivity index (χ3v) is 1.72. The summed E-state index contributed by atoms with van der Waals surface area (Å²) in [5.41, 5.74) is -2.11. The van der Waals surface area contributed by atoms with Crippen LogP contribution in [0.1, 0.15) is 19.8 Å². The van der Waals surface area contributed by atoms with Crippen LogP contribution in [0.2, 0.25) is 0 Å². The lowest BCUT2D eigenvalue weighted by molar-refractivity contribution is 0.357. The van der Waals surface area contributed by atoms with Gasteiger partial charge >= 0.3 is 0 Å². The first-order chi connectivity index (χ1) is 5.40. The molecule has 12 heavy (non-hydrogen) atoms. The summed E-state index contributed by atoms with van der Waals surface area (Å²) in [6.45, 7) is 1.64. The van der Waals surface area contributed by atoms with Crippen LogP contribution >= 0.6 is 0 Å². The van der Waals surface area contributed by atoms with Gasteiger partial charge in [-0.2, -0.15) is 8.42 Å². The highest BCUT2D eigenvalue weighted by Gasteiger charge is 2.19. The van der Waals surface area contributed by atoms with E-state index < -0.39 is 15.6 Å². The van der Waals surface area contributed by atoms with Crippen molar-refractivity contribution >= 4 is 10.1 Å². The van der Waals surface area contributed by atoms with Crippen molar-refractivity contribution in [3.63, 3.8) is 0 Å². The van der Waals surface area contributed by atoms with Crippen molar-refractivity contribution in [3.8, 4) is 0 Å². The zero-order chi connectivity index (χ0) is 10.2. The predicted molar refractivity (Wildman–Crippen MR) is 46.3 cm³/mol. The molecule has 1 atom stereocenters. The Morgan fingerprint density at radius 1 is 1.50 bits per heavy atom. The maximum absolute atomic E-state index is 12.1. The van der Waals surface area contributed by atoms with Crippen molar-refractivity contribution in [2.75, 3.05) is 14.1 Å². The molecule has 0 saturated carbocycles. The Labute approximate surface area is 72.9 Å². The van der Waals surface area contributed by atoms with Gasteiger partial charge in [0.05, 0.1) is 0 Å². The molecule has 0 fully saturated rings. The molecule has 6 heteroatoms. The third-order valence-electron chi connectivity index (χ3n) is 0.839. The van der Waals surface area contributed by atoms with Crippen molar-refractivity contribution in [2.45, 2.75) is 25.3 Å². The van der Waals surface area contributed by atoms with Crippen LogP contribution in [-0.2, 0) is 10.1 Å². The summed E-state index contributed by atoms with van der Waals surface area (Å²) in [6, 6.07) is 0. The van der Waals surface area contributed by atoms with E-state index in [1.165, 1.54) is 0 Å². The van der Waals surface area contributed by atoms with Crippen molar-refractivity contribution in [1.29, 1.82) is 0 Å². The average molecular weight is 201 g/mol. The second-order valence-corrected chi connectivity index (χ2v) is 3.76. The fourth-order valence-electron chi connectivity index (χ4n) is 0.376. The summed E-state index contributed by atoms with van der Waals surface area (Å²) in [5, 5.41) is 2.75. The van der Waals surface area contributed by atoms with Crippen molar-refractivity contribution < 1.29 is 17.4 Å². The Morgan fingerprint density at radius 3 is 1.92 bits per heavy atom. The highest BCUT2D eigenvalue weighted by molar-refractivity contribution is 7.86.